The lowest BCUT2D eigenvalue weighted by Gasteiger charge is -2.12. The molecule has 2 rings (SSSR count). The van der Waals surface area contributed by atoms with Crippen LogP contribution in [0.2, 0.25) is 5.02 Å². The van der Waals surface area contributed by atoms with Gasteiger partial charge in [0.15, 0.2) is 0 Å². The van der Waals surface area contributed by atoms with Crippen LogP contribution in [-0.2, 0) is 17.8 Å². The number of amides is 1. The van der Waals surface area contributed by atoms with E-state index in [9.17, 15) is 4.79 Å². The Labute approximate surface area is 130 Å². The van der Waals surface area contributed by atoms with E-state index in [1.807, 2.05) is 18.2 Å². The Bertz CT molecular complexity index is 640. The molecule has 0 saturated heterocycles. The molecule has 2 aromatic rings. The summed E-state index contributed by atoms with van der Waals surface area (Å²) in [6.07, 6.45) is 1.01. The van der Waals surface area contributed by atoms with Gasteiger partial charge in [0.05, 0.1) is 10.7 Å². The average Bonchev–Trinajstić information content (AvgIpc) is 2.47. The second kappa shape index (κ2) is 7.14. The van der Waals surface area contributed by atoms with E-state index in [4.69, 9.17) is 11.6 Å². The minimum absolute atomic E-state index is 0.130. The summed E-state index contributed by atoms with van der Waals surface area (Å²) in [5, 5.41) is 6.58. The Morgan fingerprint density at radius 1 is 1.14 bits per heavy atom. The van der Waals surface area contributed by atoms with Gasteiger partial charge in [0.2, 0.25) is 5.91 Å². The predicted octanol–water partition coefficient (Wildman–Crippen LogP) is 4.47. The second-order valence-corrected chi connectivity index (χ2v) is 5.26. The Morgan fingerprint density at radius 2 is 1.86 bits per heavy atom. The van der Waals surface area contributed by atoms with Gasteiger partial charge < -0.3 is 10.6 Å². The maximum atomic E-state index is 11.0. The highest BCUT2D eigenvalue weighted by atomic mass is 35.5. The molecule has 0 saturated carbocycles. The van der Waals surface area contributed by atoms with Crippen molar-refractivity contribution in [3.05, 3.63) is 58.6 Å². The molecule has 110 valence electrons. The third-order valence-corrected chi connectivity index (χ3v) is 3.57. The molecule has 0 spiro atoms. The van der Waals surface area contributed by atoms with Crippen LogP contribution in [0.25, 0.3) is 0 Å². The molecule has 3 nitrogen and oxygen atoms in total. The first-order chi connectivity index (χ1) is 10.1. The standard InChI is InChI=1S/C17H19ClN2O/c1-3-13-6-4-5-7-14(13)11-19-15-8-9-17(16(18)10-15)20-12(2)21/h4-10,19H,3,11H2,1-2H3,(H,20,21). The lowest BCUT2D eigenvalue weighted by molar-refractivity contribution is -0.114. The van der Waals surface area contributed by atoms with Crippen molar-refractivity contribution in [2.45, 2.75) is 26.8 Å². The summed E-state index contributed by atoms with van der Waals surface area (Å²) in [6.45, 7) is 4.36. The van der Waals surface area contributed by atoms with Crippen LogP contribution in [0.1, 0.15) is 25.0 Å². The highest BCUT2D eigenvalue weighted by Gasteiger charge is 2.04. The van der Waals surface area contributed by atoms with Gasteiger partial charge in [-0.15, -0.1) is 0 Å². The second-order valence-electron chi connectivity index (χ2n) is 4.85. The van der Waals surface area contributed by atoms with Crippen molar-refractivity contribution in [1.82, 2.24) is 0 Å². The summed E-state index contributed by atoms with van der Waals surface area (Å²) in [6, 6.07) is 13.9. The molecule has 0 bridgehead atoms. The number of nitrogens with one attached hydrogen (secondary N) is 2. The van der Waals surface area contributed by atoms with Crippen LogP contribution < -0.4 is 10.6 Å². The van der Waals surface area contributed by atoms with Crippen molar-refractivity contribution in [2.75, 3.05) is 10.6 Å². The van der Waals surface area contributed by atoms with Crippen molar-refractivity contribution in [3.8, 4) is 0 Å². The maximum Gasteiger partial charge on any atom is 0.221 e. The topological polar surface area (TPSA) is 41.1 Å². The molecule has 0 atom stereocenters. The highest BCUT2D eigenvalue weighted by molar-refractivity contribution is 6.34. The zero-order valence-corrected chi connectivity index (χ0v) is 13.0. The van der Waals surface area contributed by atoms with Crippen molar-refractivity contribution in [2.24, 2.45) is 0 Å². The Hall–Kier alpha value is -2.00. The molecule has 1 amide bonds. The molecule has 0 fully saturated rings. The molecule has 0 aromatic heterocycles. The number of anilines is 2. The van der Waals surface area contributed by atoms with Crippen molar-refractivity contribution < 1.29 is 4.79 Å². The smallest absolute Gasteiger partial charge is 0.221 e. The average molecular weight is 303 g/mol. The van der Waals surface area contributed by atoms with Crippen LogP contribution in [-0.4, -0.2) is 5.91 Å². The van der Waals surface area contributed by atoms with E-state index in [0.717, 1.165) is 18.7 Å². The lowest BCUT2D eigenvalue weighted by Crippen LogP contribution is -2.07. The van der Waals surface area contributed by atoms with Gasteiger partial charge in [-0.3, -0.25) is 4.79 Å². The van der Waals surface area contributed by atoms with Gasteiger partial charge in [-0.05, 0) is 35.7 Å². The molecule has 2 N–H and O–H groups in total. The number of rotatable bonds is 5. The minimum Gasteiger partial charge on any atom is -0.381 e. The van der Waals surface area contributed by atoms with Crippen LogP contribution in [0.15, 0.2) is 42.5 Å². The third-order valence-electron chi connectivity index (χ3n) is 3.26. The molecular formula is C17H19ClN2O. The zero-order valence-electron chi connectivity index (χ0n) is 12.2. The molecule has 0 heterocycles. The molecule has 0 aliphatic carbocycles. The number of hydrogen-bond donors (Lipinski definition) is 2. The van der Waals surface area contributed by atoms with Crippen molar-refractivity contribution in [3.63, 3.8) is 0 Å². The summed E-state index contributed by atoms with van der Waals surface area (Å²) in [5.74, 6) is -0.130. The Balaban J connectivity index is 2.07. The first kappa shape index (κ1) is 15.4. The molecular weight excluding hydrogens is 284 g/mol. The fourth-order valence-electron chi connectivity index (χ4n) is 2.19. The SMILES string of the molecule is CCc1ccccc1CNc1ccc(NC(C)=O)c(Cl)c1. The monoisotopic (exact) mass is 302 g/mol. The number of carbonyl (C=O) groups is 1. The van der Waals surface area contributed by atoms with Gasteiger partial charge in [-0.25, -0.2) is 0 Å². The van der Waals surface area contributed by atoms with E-state index in [1.54, 1.807) is 6.07 Å². The van der Waals surface area contributed by atoms with Crippen LogP contribution in [0.4, 0.5) is 11.4 Å². The van der Waals surface area contributed by atoms with Crippen LogP contribution >= 0.6 is 11.6 Å². The summed E-state index contributed by atoms with van der Waals surface area (Å²) in [7, 11) is 0. The summed E-state index contributed by atoms with van der Waals surface area (Å²) in [5.41, 5.74) is 4.18. The summed E-state index contributed by atoms with van der Waals surface area (Å²) in [4.78, 5) is 11.0. The summed E-state index contributed by atoms with van der Waals surface area (Å²) >= 11 is 6.16. The van der Waals surface area contributed by atoms with E-state index in [2.05, 4.69) is 35.8 Å². The number of hydrogen-bond acceptors (Lipinski definition) is 2. The van der Waals surface area contributed by atoms with E-state index < -0.39 is 0 Å². The van der Waals surface area contributed by atoms with Crippen molar-refractivity contribution in [1.29, 1.82) is 0 Å². The number of carbonyl (C=O) groups excluding carboxylic acids is 1. The zero-order chi connectivity index (χ0) is 15.2. The highest BCUT2D eigenvalue weighted by Crippen LogP contribution is 2.26. The fourth-order valence-corrected chi connectivity index (χ4v) is 2.42. The molecule has 2 aromatic carbocycles. The van der Waals surface area contributed by atoms with Crippen molar-refractivity contribution >= 4 is 28.9 Å². The van der Waals surface area contributed by atoms with Gasteiger partial charge in [0, 0.05) is 19.2 Å². The van der Waals surface area contributed by atoms with E-state index in [0.29, 0.717) is 10.7 Å². The molecule has 0 radical (unpaired) electrons. The van der Waals surface area contributed by atoms with E-state index in [1.165, 1.54) is 18.1 Å². The first-order valence-corrected chi connectivity index (χ1v) is 7.35. The third kappa shape index (κ3) is 4.23. The Morgan fingerprint density at radius 3 is 2.48 bits per heavy atom. The molecule has 0 aliphatic rings. The van der Waals surface area contributed by atoms with E-state index in [-0.39, 0.29) is 5.91 Å². The molecule has 21 heavy (non-hydrogen) atoms. The summed E-state index contributed by atoms with van der Waals surface area (Å²) < 4.78 is 0. The number of halogens is 1. The van der Waals surface area contributed by atoms with E-state index >= 15 is 0 Å². The Kier molecular flexibility index (Phi) is 5.23. The van der Waals surface area contributed by atoms with Gasteiger partial charge in [-0.2, -0.15) is 0 Å². The van der Waals surface area contributed by atoms with Crippen LogP contribution in [0.5, 0.6) is 0 Å². The molecule has 4 heteroatoms. The lowest BCUT2D eigenvalue weighted by atomic mass is 10.1. The van der Waals surface area contributed by atoms with Gasteiger partial charge in [-0.1, -0.05) is 42.8 Å². The van der Waals surface area contributed by atoms with Gasteiger partial charge in [0.25, 0.3) is 0 Å². The van der Waals surface area contributed by atoms with Gasteiger partial charge in [0.1, 0.15) is 0 Å². The fraction of sp³-hybridized carbons (Fsp3) is 0.235. The van der Waals surface area contributed by atoms with Crippen LogP contribution in [0, 0.1) is 0 Å². The quantitative estimate of drug-likeness (QED) is 0.855. The predicted molar refractivity (Wildman–Crippen MR) is 88.9 cm³/mol. The largest absolute Gasteiger partial charge is 0.381 e. The molecule has 0 unspecified atom stereocenters. The first-order valence-electron chi connectivity index (χ1n) is 6.98. The minimum atomic E-state index is -0.130. The van der Waals surface area contributed by atoms with Crippen LogP contribution in [0.3, 0.4) is 0 Å². The number of benzene rings is 2. The number of aryl methyl sites for hydroxylation is 1. The van der Waals surface area contributed by atoms with Gasteiger partial charge >= 0.3 is 0 Å². The maximum absolute atomic E-state index is 11.0. The molecule has 0 aliphatic heterocycles. The normalized spacial score (nSPS) is 10.2.